The number of carbonyl (C=O) groups excluding carboxylic acids is 1. The lowest BCUT2D eigenvalue weighted by atomic mass is 9.79. The third-order valence-corrected chi connectivity index (χ3v) is 13.6. The predicted molar refractivity (Wildman–Crippen MR) is 231 cm³/mol. The van der Waals surface area contributed by atoms with Gasteiger partial charge in [-0.3, -0.25) is 24.5 Å². The highest BCUT2D eigenvalue weighted by molar-refractivity contribution is 7.44. The fraction of sp³-hybridized carbons (Fsp3) is 0.444. The number of hydrogen-bond acceptors (Lipinski definition) is 12. The Kier molecular flexibility index (Phi) is 13.2. The zero-order valence-corrected chi connectivity index (χ0v) is 36.7. The summed E-state index contributed by atoms with van der Waals surface area (Å²) in [6.45, 7) is 12.2. The molecule has 3 heterocycles. The van der Waals surface area contributed by atoms with Crippen LogP contribution in [0.1, 0.15) is 77.3 Å². The van der Waals surface area contributed by atoms with Crippen LogP contribution in [0.2, 0.25) is 0 Å². The molecule has 16 heteroatoms. The summed E-state index contributed by atoms with van der Waals surface area (Å²) in [7, 11) is 1.55. The molecule has 0 spiro atoms. The molecular weight excluding hydrogens is 798 g/mol. The number of methoxy groups -OCH3 is 2. The van der Waals surface area contributed by atoms with E-state index >= 15 is 0 Å². The molecule has 61 heavy (non-hydrogen) atoms. The molecule has 1 saturated heterocycles. The Morgan fingerprint density at radius 2 is 1.62 bits per heavy atom. The number of rotatable bonds is 18. The van der Waals surface area contributed by atoms with Gasteiger partial charge in [0.25, 0.3) is 14.1 Å². The average molecular weight is 852 g/mol. The van der Waals surface area contributed by atoms with Crippen LogP contribution in [0.25, 0.3) is 11.2 Å². The summed E-state index contributed by atoms with van der Waals surface area (Å²) >= 11 is 0. The molecule has 0 radical (unpaired) electrons. The number of ether oxygens (including phenoxy) is 4. The van der Waals surface area contributed by atoms with Gasteiger partial charge in [-0.15, -0.1) is 0 Å². The highest BCUT2D eigenvalue weighted by atomic mass is 31.2. The van der Waals surface area contributed by atoms with E-state index in [9.17, 15) is 14.9 Å². The van der Waals surface area contributed by atoms with Crippen LogP contribution in [0.15, 0.2) is 90.0 Å². The van der Waals surface area contributed by atoms with Gasteiger partial charge in [0.05, 0.1) is 46.3 Å². The Bertz CT molecular complexity index is 2330. The summed E-state index contributed by atoms with van der Waals surface area (Å²) in [6, 6.07) is 28.1. The number of H-pyrrole nitrogens is 1. The fourth-order valence-electron chi connectivity index (χ4n) is 8.93. The third kappa shape index (κ3) is 8.53. The molecule has 2 bridgehead atoms. The maximum absolute atomic E-state index is 13.3. The molecule has 5 aromatic rings. The number of anilines is 1. The second-order valence-electron chi connectivity index (χ2n) is 16.1. The van der Waals surface area contributed by atoms with Crippen molar-refractivity contribution in [2.24, 2.45) is 11.8 Å². The van der Waals surface area contributed by atoms with Gasteiger partial charge in [-0.25, -0.2) is 9.65 Å². The number of nitrogens with one attached hydrogen (secondary N) is 2. The number of aromatic nitrogens is 4. The molecule has 1 unspecified atom stereocenters. The number of amides is 1. The zero-order chi connectivity index (χ0) is 43.5. The highest BCUT2D eigenvalue weighted by Crippen LogP contribution is 2.62. The average Bonchev–Trinajstić information content (AvgIpc) is 3.89. The molecule has 3 aromatic carbocycles. The smallest absolute Gasteiger partial charge is 0.280 e. The lowest BCUT2D eigenvalue weighted by Crippen LogP contribution is -2.47. The number of nitrogens with zero attached hydrogens (tertiary/aromatic N) is 5. The van der Waals surface area contributed by atoms with Crippen LogP contribution in [-0.2, 0) is 28.9 Å². The molecule has 2 aromatic heterocycles. The molecule has 1 amide bonds. The minimum atomic E-state index is -1.73. The molecule has 1 aliphatic heterocycles. The van der Waals surface area contributed by atoms with Gasteiger partial charge in [0, 0.05) is 24.9 Å². The van der Waals surface area contributed by atoms with Crippen molar-refractivity contribution in [2.75, 3.05) is 32.8 Å². The van der Waals surface area contributed by atoms with E-state index in [0.717, 1.165) is 16.7 Å². The van der Waals surface area contributed by atoms with Crippen LogP contribution in [0.3, 0.4) is 0 Å². The Hall–Kier alpha value is -5.20. The van der Waals surface area contributed by atoms with Crippen LogP contribution in [0, 0.1) is 23.2 Å². The summed E-state index contributed by atoms with van der Waals surface area (Å²) < 4.78 is 43.9. The lowest BCUT2D eigenvalue weighted by molar-refractivity contribution is -0.172. The van der Waals surface area contributed by atoms with Crippen molar-refractivity contribution in [3.8, 4) is 17.6 Å². The maximum Gasteiger partial charge on any atom is 0.280 e. The number of imidazole rings is 1. The first kappa shape index (κ1) is 43.9. The number of fused-ring (bicyclic) bond motifs is 3. The van der Waals surface area contributed by atoms with Crippen LogP contribution >= 0.6 is 8.53 Å². The van der Waals surface area contributed by atoms with E-state index in [0.29, 0.717) is 17.9 Å². The van der Waals surface area contributed by atoms with Gasteiger partial charge in [-0.05, 0) is 81.0 Å². The quantitative estimate of drug-likeness (QED) is 0.0501. The fourth-order valence-corrected chi connectivity index (χ4v) is 10.8. The Labute approximate surface area is 357 Å². The van der Waals surface area contributed by atoms with Crippen molar-refractivity contribution < 1.29 is 32.8 Å². The number of carbonyl (C=O) groups is 1. The molecule has 7 rings (SSSR count). The van der Waals surface area contributed by atoms with Gasteiger partial charge in [0.15, 0.2) is 11.2 Å². The molecule has 1 saturated carbocycles. The highest BCUT2D eigenvalue weighted by Gasteiger charge is 2.66. The number of benzene rings is 3. The number of aromatic amines is 1. The van der Waals surface area contributed by atoms with Crippen molar-refractivity contribution >= 4 is 31.5 Å². The monoisotopic (exact) mass is 851 g/mol. The van der Waals surface area contributed by atoms with Crippen molar-refractivity contribution in [3.05, 3.63) is 112 Å². The van der Waals surface area contributed by atoms with E-state index in [1.807, 2.05) is 66.7 Å². The van der Waals surface area contributed by atoms with Crippen molar-refractivity contribution in [1.82, 2.24) is 24.2 Å². The first-order chi connectivity index (χ1) is 29.3. The Morgan fingerprint density at radius 1 is 1.02 bits per heavy atom. The molecule has 1 aliphatic carbocycles. The standard InChI is InChI=1S/C45H54N7O8P/c1-28(2)52(29(3)4)61(58-24-12-23-46)60-39-37-30(5)25-44(39,59-42(37)51-27-47-38-40(51)49-43(48-31(6)53)50-41(38)54)26-57-45(32-13-10-9-11-14-32,33-15-19-35(55-7)20-16-33)34-17-21-36(56-8)22-18-34/h9-11,13-22,27-30,37,39,42H,12,24-26H2,1-8H3,(H2,48,49,50,53,54)/t30-,37-,39+,42-,44-,61?/m1/s1. The summed E-state index contributed by atoms with van der Waals surface area (Å²) in [5.41, 5.74) is 0.216. The number of hydrogen-bond donors (Lipinski definition) is 2. The van der Waals surface area contributed by atoms with Gasteiger partial charge in [-0.2, -0.15) is 10.2 Å². The molecule has 6 atom stereocenters. The topological polar surface area (TPSA) is 175 Å². The van der Waals surface area contributed by atoms with E-state index in [2.05, 4.69) is 77.8 Å². The first-order valence-electron chi connectivity index (χ1n) is 20.5. The van der Waals surface area contributed by atoms with Crippen LogP contribution in [-0.4, -0.2) is 81.3 Å². The summed E-state index contributed by atoms with van der Waals surface area (Å²) in [5, 5.41) is 12.1. The van der Waals surface area contributed by atoms with E-state index in [-0.39, 0.29) is 66.6 Å². The van der Waals surface area contributed by atoms with Gasteiger partial charge in [0.1, 0.15) is 35.0 Å². The zero-order valence-electron chi connectivity index (χ0n) is 35.8. The lowest BCUT2D eigenvalue weighted by Gasteiger charge is -2.42. The number of nitriles is 1. The van der Waals surface area contributed by atoms with Crippen molar-refractivity contribution in [1.29, 1.82) is 5.26 Å². The van der Waals surface area contributed by atoms with E-state index < -0.39 is 37.6 Å². The second kappa shape index (κ2) is 18.4. The Morgan fingerprint density at radius 3 is 2.18 bits per heavy atom. The summed E-state index contributed by atoms with van der Waals surface area (Å²) in [5.74, 6) is 0.728. The van der Waals surface area contributed by atoms with E-state index in [4.69, 9.17) is 28.0 Å². The molecule has 2 fully saturated rings. The molecular formula is C45H54N7O8P. The van der Waals surface area contributed by atoms with Crippen molar-refractivity contribution in [3.63, 3.8) is 0 Å². The van der Waals surface area contributed by atoms with E-state index in [1.54, 1.807) is 25.1 Å². The van der Waals surface area contributed by atoms with Crippen molar-refractivity contribution in [2.45, 2.75) is 90.0 Å². The Balaban J connectivity index is 1.39. The van der Waals surface area contributed by atoms with Gasteiger partial charge in [-0.1, -0.05) is 61.5 Å². The van der Waals surface area contributed by atoms with Gasteiger partial charge >= 0.3 is 0 Å². The van der Waals surface area contributed by atoms with E-state index in [1.165, 1.54) is 6.92 Å². The summed E-state index contributed by atoms with van der Waals surface area (Å²) in [4.78, 5) is 37.0. The van der Waals surface area contributed by atoms with Gasteiger partial charge < -0.3 is 28.0 Å². The SMILES string of the molecule is COc1ccc(C(OC[C@@]23C[C@@H](C)[C@@H]([C@H](n4cnc5c(=O)[nH]c(NC(C)=O)nc54)O2)[C@@H]3OP(OCCC#N)N(C(C)C)C(C)C)(c2ccccc2)c2ccc(OC)cc2)cc1. The maximum atomic E-state index is 13.3. The molecule has 15 nitrogen and oxygen atoms in total. The molecule has 322 valence electrons. The van der Waals surface area contributed by atoms with Gasteiger partial charge in [0.2, 0.25) is 11.9 Å². The van der Waals surface area contributed by atoms with Crippen LogP contribution in [0.4, 0.5) is 5.95 Å². The predicted octanol–water partition coefficient (Wildman–Crippen LogP) is 7.69. The third-order valence-electron chi connectivity index (χ3n) is 11.5. The minimum Gasteiger partial charge on any atom is -0.497 e. The van der Waals surface area contributed by atoms with Crippen LogP contribution < -0.4 is 20.3 Å². The van der Waals surface area contributed by atoms with Crippen LogP contribution in [0.5, 0.6) is 11.5 Å². The summed E-state index contributed by atoms with van der Waals surface area (Å²) in [6.07, 6.45) is 1.01. The normalized spacial score (nSPS) is 21.6. The molecule has 2 aliphatic rings. The minimum absolute atomic E-state index is 0.000600. The molecule has 2 N–H and O–H groups in total. The first-order valence-corrected chi connectivity index (χ1v) is 21.6. The largest absolute Gasteiger partial charge is 0.497 e. The second-order valence-corrected chi connectivity index (χ2v) is 17.5.